The van der Waals surface area contributed by atoms with E-state index in [9.17, 15) is 4.79 Å². The quantitative estimate of drug-likeness (QED) is 0.488. The predicted octanol–water partition coefficient (Wildman–Crippen LogP) is 4.31. The van der Waals surface area contributed by atoms with Gasteiger partial charge >= 0.3 is 0 Å². The minimum atomic E-state index is 0.321. The van der Waals surface area contributed by atoms with Crippen LogP contribution in [0.5, 0.6) is 0 Å². The van der Waals surface area contributed by atoms with Crippen LogP contribution in [0, 0.1) is 0 Å². The van der Waals surface area contributed by atoms with Crippen molar-refractivity contribution in [3.8, 4) is 0 Å². The maximum Gasteiger partial charge on any atom is 0.226 e. The van der Waals surface area contributed by atoms with Gasteiger partial charge in [-0.15, -0.1) is 0 Å². The first-order valence-electron chi connectivity index (χ1n) is 7.77. The van der Waals surface area contributed by atoms with E-state index in [1.165, 1.54) is 51.4 Å². The molecule has 1 saturated heterocycles. The molecule has 0 N–H and O–H groups in total. The molecule has 2 nitrogen and oxygen atoms in total. The van der Waals surface area contributed by atoms with Gasteiger partial charge < -0.3 is 4.90 Å². The van der Waals surface area contributed by atoms with Gasteiger partial charge in [-0.2, -0.15) is 0 Å². The number of rotatable bonds is 7. The van der Waals surface area contributed by atoms with Crippen molar-refractivity contribution in [2.24, 2.45) is 0 Å². The van der Waals surface area contributed by atoms with Gasteiger partial charge in [0, 0.05) is 19.5 Å². The molecule has 0 aromatic heterocycles. The van der Waals surface area contributed by atoms with Crippen LogP contribution < -0.4 is 0 Å². The number of hydrogen-bond acceptors (Lipinski definition) is 1. The molecule has 1 amide bonds. The molecule has 104 valence electrons. The van der Waals surface area contributed by atoms with Crippen LogP contribution in [-0.4, -0.2) is 23.9 Å². The van der Waals surface area contributed by atoms with Crippen molar-refractivity contribution in [1.29, 1.82) is 0 Å². The fourth-order valence-electron chi connectivity index (χ4n) is 2.44. The third-order valence-corrected chi connectivity index (χ3v) is 3.64. The van der Waals surface area contributed by atoms with Crippen LogP contribution >= 0.6 is 0 Å². The van der Waals surface area contributed by atoms with Crippen LogP contribution in [0.3, 0.4) is 0 Å². The van der Waals surface area contributed by atoms with E-state index < -0.39 is 0 Å². The first-order chi connectivity index (χ1) is 8.84. The molecule has 0 atom stereocenters. The molecule has 0 aliphatic carbocycles. The Morgan fingerprint density at radius 3 is 2.39 bits per heavy atom. The van der Waals surface area contributed by atoms with Crippen LogP contribution in [0.2, 0.25) is 0 Å². The minimum Gasteiger partial charge on any atom is -0.342 e. The highest BCUT2D eigenvalue weighted by molar-refractivity contribution is 5.77. The van der Waals surface area contributed by atoms with Gasteiger partial charge in [0.1, 0.15) is 0 Å². The highest BCUT2D eigenvalue weighted by Gasteiger charge is 2.13. The van der Waals surface area contributed by atoms with Gasteiger partial charge in [0.25, 0.3) is 0 Å². The van der Waals surface area contributed by atoms with E-state index in [1.54, 1.807) is 0 Å². The van der Waals surface area contributed by atoms with Gasteiger partial charge in [-0.3, -0.25) is 4.79 Å². The molecule has 0 aromatic rings. The van der Waals surface area contributed by atoms with Crippen LogP contribution in [0.15, 0.2) is 12.2 Å². The molecular formula is C16H29NO. The zero-order valence-corrected chi connectivity index (χ0v) is 12.0. The van der Waals surface area contributed by atoms with Gasteiger partial charge in [0.05, 0.1) is 0 Å². The van der Waals surface area contributed by atoms with Crippen molar-refractivity contribution in [2.45, 2.75) is 71.1 Å². The Morgan fingerprint density at radius 2 is 1.72 bits per heavy atom. The second kappa shape index (κ2) is 10.2. The van der Waals surface area contributed by atoms with Crippen molar-refractivity contribution in [3.05, 3.63) is 12.2 Å². The molecule has 18 heavy (non-hydrogen) atoms. The Hall–Kier alpha value is -0.790. The summed E-state index contributed by atoms with van der Waals surface area (Å²) in [6.07, 6.45) is 16.2. The van der Waals surface area contributed by atoms with Gasteiger partial charge in [-0.1, -0.05) is 51.2 Å². The van der Waals surface area contributed by atoms with Crippen molar-refractivity contribution in [3.63, 3.8) is 0 Å². The smallest absolute Gasteiger partial charge is 0.226 e. The van der Waals surface area contributed by atoms with Gasteiger partial charge in [-0.25, -0.2) is 0 Å². The Balaban J connectivity index is 2.09. The first kappa shape index (κ1) is 15.3. The molecule has 2 heteroatoms. The second-order valence-electron chi connectivity index (χ2n) is 5.32. The maximum absolute atomic E-state index is 12.0. The molecule has 1 aliphatic rings. The highest BCUT2D eigenvalue weighted by Crippen LogP contribution is 2.11. The van der Waals surface area contributed by atoms with Gasteiger partial charge in [-0.05, 0) is 25.7 Å². The fraction of sp³-hybridized carbons (Fsp3) is 0.812. The molecule has 1 rings (SSSR count). The number of likely N-dealkylation sites (tertiary alicyclic amines) is 1. The summed E-state index contributed by atoms with van der Waals surface area (Å²) in [4.78, 5) is 14.0. The van der Waals surface area contributed by atoms with E-state index in [4.69, 9.17) is 0 Å². The van der Waals surface area contributed by atoms with E-state index in [0.29, 0.717) is 12.3 Å². The first-order valence-corrected chi connectivity index (χ1v) is 7.77. The Morgan fingerprint density at radius 1 is 1.00 bits per heavy atom. The van der Waals surface area contributed by atoms with Crippen molar-refractivity contribution < 1.29 is 4.79 Å². The molecule has 1 aliphatic heterocycles. The van der Waals surface area contributed by atoms with E-state index >= 15 is 0 Å². The Labute approximate surface area is 112 Å². The summed E-state index contributed by atoms with van der Waals surface area (Å²) < 4.78 is 0. The summed E-state index contributed by atoms with van der Waals surface area (Å²) in [6.45, 7) is 4.18. The number of unbranched alkanes of at least 4 members (excludes halogenated alkanes) is 4. The molecule has 0 bridgehead atoms. The summed E-state index contributed by atoms with van der Waals surface area (Å²) in [5.41, 5.74) is 0. The van der Waals surface area contributed by atoms with E-state index in [-0.39, 0.29) is 0 Å². The topological polar surface area (TPSA) is 20.3 Å². The summed E-state index contributed by atoms with van der Waals surface area (Å²) in [5.74, 6) is 0.321. The predicted molar refractivity (Wildman–Crippen MR) is 77.6 cm³/mol. The zero-order chi connectivity index (χ0) is 13.1. The largest absolute Gasteiger partial charge is 0.342 e. The number of nitrogens with zero attached hydrogens (tertiary/aromatic N) is 1. The van der Waals surface area contributed by atoms with Crippen LogP contribution in [0.1, 0.15) is 71.1 Å². The fourth-order valence-corrected chi connectivity index (χ4v) is 2.44. The molecule has 0 saturated carbocycles. The van der Waals surface area contributed by atoms with Gasteiger partial charge in [0.2, 0.25) is 5.91 Å². The lowest BCUT2D eigenvalue weighted by Crippen LogP contribution is -2.31. The Bertz CT molecular complexity index is 239. The normalized spacial score (nSPS) is 17.1. The number of carbonyl (C=O) groups is 1. The summed E-state index contributed by atoms with van der Waals surface area (Å²) >= 11 is 0. The molecule has 0 unspecified atom stereocenters. The van der Waals surface area contributed by atoms with Gasteiger partial charge in [0.15, 0.2) is 0 Å². The molecule has 1 heterocycles. The number of hydrogen-bond donors (Lipinski definition) is 0. The zero-order valence-electron chi connectivity index (χ0n) is 12.0. The molecular weight excluding hydrogens is 222 g/mol. The highest BCUT2D eigenvalue weighted by atomic mass is 16.2. The molecule has 0 aromatic carbocycles. The monoisotopic (exact) mass is 251 g/mol. The lowest BCUT2D eigenvalue weighted by Gasteiger charge is -2.19. The van der Waals surface area contributed by atoms with E-state index in [0.717, 1.165) is 19.5 Å². The third-order valence-electron chi connectivity index (χ3n) is 3.64. The van der Waals surface area contributed by atoms with Crippen molar-refractivity contribution >= 4 is 5.91 Å². The average molecular weight is 251 g/mol. The van der Waals surface area contributed by atoms with Crippen molar-refractivity contribution in [1.82, 2.24) is 4.90 Å². The molecule has 0 radical (unpaired) electrons. The SMILES string of the molecule is CCCCCC/C=C/CC(=O)N1CCCCCC1. The summed E-state index contributed by atoms with van der Waals surface area (Å²) in [6, 6.07) is 0. The average Bonchev–Trinajstić information content (AvgIpc) is 2.66. The van der Waals surface area contributed by atoms with Crippen LogP contribution in [0.4, 0.5) is 0 Å². The number of carbonyl (C=O) groups excluding carboxylic acids is 1. The molecule has 0 spiro atoms. The van der Waals surface area contributed by atoms with Crippen LogP contribution in [0.25, 0.3) is 0 Å². The molecule has 1 fully saturated rings. The number of allylic oxidation sites excluding steroid dienone is 1. The maximum atomic E-state index is 12.0. The number of amides is 1. The summed E-state index contributed by atoms with van der Waals surface area (Å²) in [5, 5.41) is 0. The lowest BCUT2D eigenvalue weighted by molar-refractivity contribution is -0.130. The van der Waals surface area contributed by atoms with E-state index in [2.05, 4.69) is 24.0 Å². The minimum absolute atomic E-state index is 0.321. The van der Waals surface area contributed by atoms with E-state index in [1.807, 2.05) is 0 Å². The standard InChI is InChI=1S/C16H29NO/c1-2-3-4-5-6-7-10-13-16(18)17-14-11-8-9-12-15-17/h7,10H,2-6,8-9,11-15H2,1H3/b10-7+. The second-order valence-corrected chi connectivity index (χ2v) is 5.32. The Kier molecular flexibility index (Phi) is 8.62. The lowest BCUT2D eigenvalue weighted by atomic mass is 10.1. The van der Waals surface area contributed by atoms with Crippen LogP contribution in [-0.2, 0) is 4.79 Å². The third kappa shape index (κ3) is 6.83. The van der Waals surface area contributed by atoms with Crippen molar-refractivity contribution in [2.75, 3.05) is 13.1 Å². The summed E-state index contributed by atoms with van der Waals surface area (Å²) in [7, 11) is 0.